The minimum Gasteiger partial charge on any atom is -0.799 e. The molecular weight excluding hydrogens is 345 g/mol. The van der Waals surface area contributed by atoms with E-state index in [9.17, 15) is 19.1 Å². The number of carbonyl (C=O) groups excluding carboxylic acids is 1. The largest absolute Gasteiger partial charge is 1.00 e. The van der Waals surface area contributed by atoms with Gasteiger partial charge in [0.05, 0.1) is 0 Å². The molecule has 9 heteroatoms. The van der Waals surface area contributed by atoms with E-state index in [1.165, 1.54) is 0 Å². The summed E-state index contributed by atoms with van der Waals surface area (Å²) in [5, 5.41) is 4.65. The number of hydrogen-bond donors (Lipinski definition) is 2. The second-order valence-corrected chi connectivity index (χ2v) is 5.44. The summed E-state index contributed by atoms with van der Waals surface area (Å²) in [7, 11) is -4.61. The van der Waals surface area contributed by atoms with Crippen molar-refractivity contribution in [2.45, 2.75) is 25.7 Å². The topological polar surface area (TPSA) is 104 Å². The van der Waals surface area contributed by atoms with Gasteiger partial charge in [0.25, 0.3) is 0 Å². The van der Waals surface area contributed by atoms with Crippen LogP contribution in [-0.2, 0) is 9.36 Å². The molecule has 0 saturated heterocycles. The Morgan fingerprint density at radius 1 is 1.05 bits per heavy atom. The van der Waals surface area contributed by atoms with Gasteiger partial charge in [-0.15, -0.1) is 0 Å². The SMILES string of the molecule is O=C(CCCCCNP(=O)([O-])[O-])Nc1ccccc1.[K+].[K+]. The molecule has 0 fully saturated rings. The van der Waals surface area contributed by atoms with Gasteiger partial charge in [-0.3, -0.25) is 9.88 Å². The predicted octanol–water partition coefficient (Wildman–Crippen LogP) is -5.39. The maximum Gasteiger partial charge on any atom is 1.00 e. The fourth-order valence-electron chi connectivity index (χ4n) is 1.55. The molecule has 0 radical (unpaired) electrons. The maximum atomic E-state index is 11.5. The van der Waals surface area contributed by atoms with E-state index in [4.69, 9.17) is 0 Å². The Hall–Kier alpha value is 2.07. The Balaban J connectivity index is 0. The zero-order chi connectivity index (χ0) is 14.1. The van der Waals surface area contributed by atoms with E-state index >= 15 is 0 Å². The Morgan fingerprint density at radius 2 is 1.67 bits per heavy atom. The predicted molar refractivity (Wildman–Crippen MR) is 69.1 cm³/mol. The molecule has 1 amide bonds. The van der Waals surface area contributed by atoms with Crippen molar-refractivity contribution in [3.63, 3.8) is 0 Å². The van der Waals surface area contributed by atoms with Crippen LogP contribution in [0.3, 0.4) is 0 Å². The van der Waals surface area contributed by atoms with Crippen LogP contribution in [0.1, 0.15) is 25.7 Å². The molecule has 0 atom stereocenters. The zero-order valence-electron chi connectivity index (χ0n) is 12.5. The second-order valence-electron chi connectivity index (χ2n) is 4.13. The smallest absolute Gasteiger partial charge is 0.799 e. The molecule has 0 unspecified atom stereocenters. The third-order valence-electron chi connectivity index (χ3n) is 2.44. The zero-order valence-corrected chi connectivity index (χ0v) is 19.6. The van der Waals surface area contributed by atoms with Gasteiger partial charge in [0.1, 0.15) is 0 Å². The van der Waals surface area contributed by atoms with Gasteiger partial charge in [-0.25, -0.2) is 0 Å². The second kappa shape index (κ2) is 14.4. The quantitative estimate of drug-likeness (QED) is 0.273. The van der Waals surface area contributed by atoms with Crippen LogP contribution in [-0.4, -0.2) is 12.5 Å². The third kappa shape index (κ3) is 15.3. The van der Waals surface area contributed by atoms with E-state index < -0.39 is 7.75 Å². The number of rotatable bonds is 8. The van der Waals surface area contributed by atoms with E-state index in [0.29, 0.717) is 25.7 Å². The van der Waals surface area contributed by atoms with Crippen LogP contribution >= 0.6 is 7.75 Å². The van der Waals surface area contributed by atoms with Crippen LogP contribution in [0.4, 0.5) is 5.69 Å². The van der Waals surface area contributed by atoms with Crippen LogP contribution in [0.25, 0.3) is 0 Å². The number of nitrogens with one attached hydrogen (secondary N) is 2. The van der Waals surface area contributed by atoms with E-state index in [0.717, 1.165) is 5.69 Å². The number of para-hydroxylation sites is 1. The molecule has 0 saturated carbocycles. The summed E-state index contributed by atoms with van der Waals surface area (Å²) in [4.78, 5) is 32.1. The normalized spacial score (nSPS) is 10.2. The summed E-state index contributed by atoms with van der Waals surface area (Å²) >= 11 is 0. The molecule has 21 heavy (non-hydrogen) atoms. The molecule has 1 aromatic carbocycles. The van der Waals surface area contributed by atoms with E-state index in [1.807, 2.05) is 35.4 Å². The first-order valence-electron chi connectivity index (χ1n) is 6.09. The Kier molecular flexibility index (Phi) is 17.4. The van der Waals surface area contributed by atoms with Crippen molar-refractivity contribution < 1.29 is 122 Å². The van der Waals surface area contributed by atoms with Gasteiger partial charge < -0.3 is 19.7 Å². The van der Waals surface area contributed by atoms with Gasteiger partial charge in [0.15, 0.2) is 0 Å². The van der Waals surface area contributed by atoms with Crippen molar-refractivity contribution in [2.75, 3.05) is 11.9 Å². The van der Waals surface area contributed by atoms with Crippen LogP contribution < -0.4 is 123 Å². The van der Waals surface area contributed by atoms with Gasteiger partial charge in [0.2, 0.25) is 5.91 Å². The molecule has 0 spiro atoms. The van der Waals surface area contributed by atoms with Crippen LogP contribution in [0.15, 0.2) is 30.3 Å². The summed E-state index contributed by atoms with van der Waals surface area (Å²) in [5.41, 5.74) is 0.757. The average molecular weight is 362 g/mol. The number of benzene rings is 1. The number of hydrogen-bond acceptors (Lipinski definition) is 4. The molecular formula is C12H17K2N2O4P. The standard InChI is InChI=1S/C12H19N2O4P.2K/c15-12(14-11-7-3-1-4-8-11)9-5-2-6-10-13-19(16,17)18;;/h1,3-4,7-8H,2,5-6,9-10H2,(H,14,15)(H3,13,16,17,18);;/q;2*+1/p-2. The molecule has 0 aliphatic heterocycles. The first-order valence-corrected chi connectivity index (χ1v) is 7.64. The van der Waals surface area contributed by atoms with E-state index in [2.05, 4.69) is 5.32 Å². The molecule has 0 aliphatic rings. The van der Waals surface area contributed by atoms with Crippen molar-refractivity contribution in [3.8, 4) is 0 Å². The summed E-state index contributed by atoms with van der Waals surface area (Å²) in [6.45, 7) is 0.130. The van der Waals surface area contributed by atoms with Gasteiger partial charge in [-0.05, 0) is 39.3 Å². The summed E-state index contributed by atoms with van der Waals surface area (Å²) in [6, 6.07) is 9.16. The van der Waals surface area contributed by atoms with Crippen molar-refractivity contribution in [3.05, 3.63) is 30.3 Å². The first kappa shape index (κ1) is 25.3. The molecule has 106 valence electrons. The fraction of sp³-hybridized carbons (Fsp3) is 0.417. The summed E-state index contributed by atoms with van der Waals surface area (Å²) < 4.78 is 10.3. The molecule has 0 aromatic heterocycles. The first-order chi connectivity index (χ1) is 8.97. The van der Waals surface area contributed by atoms with Gasteiger partial charge >= 0.3 is 103 Å². The number of carbonyl (C=O) groups is 1. The molecule has 0 aliphatic carbocycles. The van der Waals surface area contributed by atoms with E-state index in [-0.39, 0.29) is 115 Å². The number of anilines is 1. The van der Waals surface area contributed by atoms with Crippen molar-refractivity contribution in [1.29, 1.82) is 0 Å². The van der Waals surface area contributed by atoms with Gasteiger partial charge in [0, 0.05) is 12.1 Å². The summed E-state index contributed by atoms with van der Waals surface area (Å²) in [6.07, 6.45) is 2.27. The summed E-state index contributed by atoms with van der Waals surface area (Å²) in [5.74, 6) is -0.0718. The minimum atomic E-state index is -4.61. The van der Waals surface area contributed by atoms with Crippen molar-refractivity contribution in [1.82, 2.24) is 5.09 Å². The fourth-order valence-corrected chi connectivity index (χ4v) is 1.98. The Morgan fingerprint density at radius 3 is 2.24 bits per heavy atom. The van der Waals surface area contributed by atoms with E-state index in [1.54, 1.807) is 0 Å². The van der Waals surface area contributed by atoms with Gasteiger partial charge in [-0.2, -0.15) is 0 Å². The molecule has 1 rings (SSSR count). The minimum absolute atomic E-state index is 0. The molecule has 0 heterocycles. The molecule has 0 bridgehead atoms. The molecule has 1 aromatic rings. The number of amides is 1. The molecule has 2 N–H and O–H groups in total. The maximum absolute atomic E-state index is 11.5. The average Bonchev–Trinajstić information content (AvgIpc) is 2.33. The third-order valence-corrected chi connectivity index (χ3v) is 3.05. The van der Waals surface area contributed by atoms with Crippen LogP contribution in [0.2, 0.25) is 0 Å². The molecule has 6 nitrogen and oxygen atoms in total. The number of unbranched alkanes of at least 4 members (excludes halogenated alkanes) is 2. The van der Waals surface area contributed by atoms with Gasteiger partial charge in [-0.1, -0.05) is 24.6 Å². The van der Waals surface area contributed by atoms with Crippen LogP contribution in [0.5, 0.6) is 0 Å². The van der Waals surface area contributed by atoms with Crippen molar-refractivity contribution >= 4 is 19.3 Å². The Labute approximate surface area is 210 Å². The van der Waals surface area contributed by atoms with Crippen molar-refractivity contribution in [2.24, 2.45) is 0 Å². The van der Waals surface area contributed by atoms with Crippen LogP contribution in [0, 0.1) is 0 Å². The monoisotopic (exact) mass is 362 g/mol. The Bertz CT molecular complexity index is 442.